The summed E-state index contributed by atoms with van der Waals surface area (Å²) >= 11 is 0. The molecule has 0 fully saturated rings. The number of esters is 2. The zero-order valence-corrected chi connectivity index (χ0v) is 16.8. The van der Waals surface area contributed by atoms with Crippen molar-refractivity contribution in [2.45, 2.75) is 27.7 Å². The average molecular weight is 404 g/mol. The highest BCUT2D eigenvalue weighted by Gasteiger charge is 2.28. The minimum absolute atomic E-state index is 0.260. The number of hydrogen-bond acceptors (Lipinski definition) is 5. The van der Waals surface area contributed by atoms with Crippen molar-refractivity contribution in [1.29, 1.82) is 0 Å². The van der Waals surface area contributed by atoms with Crippen LogP contribution in [0.5, 0.6) is 11.5 Å². The summed E-state index contributed by atoms with van der Waals surface area (Å²) in [6, 6.07) is 13.1. The van der Waals surface area contributed by atoms with Gasteiger partial charge < -0.3 is 14.6 Å². The number of phenolic OH excluding ortho intramolecular Hbond substituents is 1. The molecule has 0 saturated carbocycles. The second-order valence-electron chi connectivity index (χ2n) is 3.92. The molecule has 0 spiro atoms. The van der Waals surface area contributed by atoms with Crippen LogP contribution >= 0.6 is 0 Å². The van der Waals surface area contributed by atoms with Gasteiger partial charge in [-0.1, -0.05) is 39.8 Å². The molecule has 0 amide bonds. The van der Waals surface area contributed by atoms with Gasteiger partial charge in [0.1, 0.15) is 11.5 Å². The van der Waals surface area contributed by atoms with Crippen molar-refractivity contribution in [2.75, 3.05) is 14.3 Å². The van der Waals surface area contributed by atoms with Gasteiger partial charge in [0.15, 0.2) is 0 Å². The van der Waals surface area contributed by atoms with Crippen LogP contribution in [0.15, 0.2) is 48.5 Å². The fourth-order valence-corrected chi connectivity index (χ4v) is 1.62. The highest BCUT2D eigenvalue weighted by molar-refractivity contribution is 6.14. The highest BCUT2D eigenvalue weighted by Crippen LogP contribution is 2.18. The number of rotatable bonds is 1. The first-order chi connectivity index (χ1) is 13.6. The summed E-state index contributed by atoms with van der Waals surface area (Å²) in [5, 5.41) is 8.80. The van der Waals surface area contributed by atoms with E-state index in [4.69, 9.17) is 19.0 Å². The van der Waals surface area contributed by atoms with Crippen molar-refractivity contribution in [1.82, 2.24) is 0 Å². The van der Waals surface area contributed by atoms with Crippen LogP contribution in [-0.2, 0) is 4.74 Å². The Labute approximate surface area is 163 Å². The molecular weight excluding hydrogens is 377 g/mol. The number of fused-ring (bicyclic) bond motifs is 1. The van der Waals surface area contributed by atoms with Crippen molar-refractivity contribution in [3.63, 3.8) is 0 Å². The summed E-state index contributed by atoms with van der Waals surface area (Å²) in [6.45, 7) is 8.00. The van der Waals surface area contributed by atoms with Crippen molar-refractivity contribution >= 4 is 11.9 Å². The van der Waals surface area contributed by atoms with Gasteiger partial charge in [0.2, 0.25) is 0 Å². The Hall–Kier alpha value is -3.03. The molecule has 8 heteroatoms. The molecule has 1 N–H and O–H groups in total. The zero-order chi connectivity index (χ0) is 22.5. The maximum atomic E-state index is 10.8. The Morgan fingerprint density at radius 3 is 1.46 bits per heavy atom. The van der Waals surface area contributed by atoms with Gasteiger partial charge in [-0.2, -0.15) is 0 Å². The molecule has 2 aromatic rings. The topological polar surface area (TPSA) is 72.8 Å². The Bertz CT molecular complexity index is 614. The molecule has 0 aromatic heterocycles. The van der Waals surface area contributed by atoms with Crippen molar-refractivity contribution < 1.29 is 37.7 Å². The third-order valence-electron chi connectivity index (χ3n) is 2.62. The molecule has 1 aliphatic heterocycles. The molecule has 158 valence electrons. The number of cyclic esters (lactones) is 2. The van der Waals surface area contributed by atoms with Gasteiger partial charge in [0.25, 0.3) is 0 Å². The Balaban J connectivity index is -0.000000333. The molecule has 5 nitrogen and oxygen atoms in total. The van der Waals surface area contributed by atoms with E-state index in [1.807, 2.05) is 27.7 Å². The number of carbonyl (C=O) groups is 2. The SMILES string of the molecule is CC.CC.CF.COc1ccc(O)cc1.FF.O=C1OC(=O)c2ccccc21. The third-order valence-corrected chi connectivity index (χ3v) is 2.62. The summed E-state index contributed by atoms with van der Waals surface area (Å²) in [4.78, 5) is 21.7. The monoisotopic (exact) mass is 404 g/mol. The van der Waals surface area contributed by atoms with Crippen molar-refractivity contribution in [2.24, 2.45) is 0 Å². The molecule has 2 aromatic carbocycles. The van der Waals surface area contributed by atoms with E-state index in [1.54, 1.807) is 55.6 Å². The molecular formula is C20H27F3O5. The number of aromatic hydroxyl groups is 1. The number of methoxy groups -OCH3 is 1. The predicted octanol–water partition coefficient (Wildman–Crippen LogP) is 5.88. The van der Waals surface area contributed by atoms with Gasteiger partial charge in [-0.15, -0.1) is 0 Å². The van der Waals surface area contributed by atoms with E-state index in [1.165, 1.54) is 0 Å². The molecule has 0 radical (unpaired) electrons. The van der Waals surface area contributed by atoms with Gasteiger partial charge in [-0.3, -0.25) is 4.39 Å². The number of benzene rings is 2. The lowest BCUT2D eigenvalue weighted by Gasteiger charge is -1.96. The molecule has 0 saturated heterocycles. The van der Waals surface area contributed by atoms with Crippen LogP contribution in [0.2, 0.25) is 0 Å². The average Bonchev–Trinajstić information content (AvgIpc) is 3.09. The van der Waals surface area contributed by atoms with Crippen molar-refractivity contribution in [3.05, 3.63) is 59.7 Å². The second kappa shape index (κ2) is 20.3. The molecule has 3 rings (SSSR count). The lowest BCUT2D eigenvalue weighted by atomic mass is 10.1. The van der Waals surface area contributed by atoms with Gasteiger partial charge in [0, 0.05) is 9.15 Å². The van der Waals surface area contributed by atoms with E-state index in [9.17, 15) is 14.0 Å². The van der Waals surface area contributed by atoms with Crippen LogP contribution in [0, 0.1) is 0 Å². The molecule has 0 bridgehead atoms. The molecule has 0 atom stereocenters. The number of halogens is 3. The highest BCUT2D eigenvalue weighted by atomic mass is 20.0. The first kappa shape index (κ1) is 29.7. The number of alkyl halides is 1. The molecule has 1 heterocycles. The van der Waals surface area contributed by atoms with Crippen LogP contribution in [0.4, 0.5) is 13.5 Å². The molecule has 0 aliphatic carbocycles. The normalized spacial score (nSPS) is 9.46. The minimum Gasteiger partial charge on any atom is -0.508 e. The molecule has 1 aliphatic rings. The lowest BCUT2D eigenvalue weighted by molar-refractivity contribution is 0.0443. The predicted molar refractivity (Wildman–Crippen MR) is 103 cm³/mol. The van der Waals surface area contributed by atoms with Gasteiger partial charge in [0.05, 0.1) is 25.4 Å². The maximum Gasteiger partial charge on any atom is 0.346 e. The summed E-state index contributed by atoms with van der Waals surface area (Å²) < 4.78 is 34.7. The van der Waals surface area contributed by atoms with Crippen LogP contribution in [0.25, 0.3) is 0 Å². The van der Waals surface area contributed by atoms with Crippen LogP contribution in [0.3, 0.4) is 0 Å². The van der Waals surface area contributed by atoms with Crippen LogP contribution < -0.4 is 4.74 Å². The summed E-state index contributed by atoms with van der Waals surface area (Å²) in [7, 11) is 2.09. The van der Waals surface area contributed by atoms with E-state index < -0.39 is 11.9 Å². The van der Waals surface area contributed by atoms with Gasteiger partial charge in [-0.05, 0) is 36.4 Å². The minimum atomic E-state index is -0.550. The van der Waals surface area contributed by atoms with E-state index in [2.05, 4.69) is 4.74 Å². The summed E-state index contributed by atoms with van der Waals surface area (Å²) in [5.41, 5.74) is 0.718. The van der Waals surface area contributed by atoms with Gasteiger partial charge in [-0.25, -0.2) is 9.59 Å². The fourth-order valence-electron chi connectivity index (χ4n) is 1.62. The zero-order valence-electron chi connectivity index (χ0n) is 16.8. The first-order valence-corrected chi connectivity index (χ1v) is 8.32. The molecule has 28 heavy (non-hydrogen) atoms. The Morgan fingerprint density at radius 2 is 1.14 bits per heavy atom. The smallest absolute Gasteiger partial charge is 0.346 e. The van der Waals surface area contributed by atoms with Crippen LogP contribution in [-0.4, -0.2) is 31.3 Å². The third kappa shape index (κ3) is 10.8. The number of hydrogen-bond donors (Lipinski definition) is 1. The van der Waals surface area contributed by atoms with E-state index in [-0.39, 0.29) is 5.75 Å². The molecule has 0 unspecified atom stereocenters. The van der Waals surface area contributed by atoms with Crippen molar-refractivity contribution in [3.8, 4) is 11.5 Å². The Morgan fingerprint density at radius 1 is 0.786 bits per heavy atom. The fraction of sp³-hybridized carbons (Fsp3) is 0.300. The van der Waals surface area contributed by atoms with E-state index in [0.29, 0.717) is 18.3 Å². The standard InChI is InChI=1S/C8H4O3.C7H8O2.2C2H6.CH3F.F2/c9-7-5-3-1-2-4-6(5)8(10)11-7;1-9-7-4-2-6(8)3-5-7;4*1-2/h1-4H;2-5,8H,1H3;2*1-2H3;1H3;. The number of ether oxygens (including phenoxy) is 2. The van der Waals surface area contributed by atoms with E-state index >= 15 is 0 Å². The number of carbonyl (C=O) groups excluding carboxylic acids is 2. The summed E-state index contributed by atoms with van der Waals surface area (Å²) in [6.07, 6.45) is 0. The maximum absolute atomic E-state index is 10.8. The quantitative estimate of drug-likeness (QED) is 0.475. The first-order valence-electron chi connectivity index (χ1n) is 8.32. The lowest BCUT2D eigenvalue weighted by Crippen LogP contribution is -1.96. The van der Waals surface area contributed by atoms with Gasteiger partial charge >= 0.3 is 11.9 Å². The number of phenols is 1. The second-order valence-corrected chi connectivity index (χ2v) is 3.92. The van der Waals surface area contributed by atoms with Crippen LogP contribution in [0.1, 0.15) is 48.4 Å². The largest absolute Gasteiger partial charge is 0.508 e. The summed E-state index contributed by atoms with van der Waals surface area (Å²) in [5.74, 6) is -0.0835. The Kier molecular flexibility index (Phi) is 21.5. The van der Waals surface area contributed by atoms with E-state index in [0.717, 1.165) is 5.75 Å².